The van der Waals surface area contributed by atoms with Crippen molar-refractivity contribution in [1.29, 1.82) is 0 Å². The lowest BCUT2D eigenvalue weighted by Crippen LogP contribution is -2.37. The minimum Gasteiger partial charge on any atom is -0.379 e. The summed E-state index contributed by atoms with van der Waals surface area (Å²) < 4.78 is 5.43. The Morgan fingerprint density at radius 2 is 1.92 bits per heavy atom. The molecule has 0 bridgehead atoms. The molecule has 2 aromatic heterocycles. The van der Waals surface area contributed by atoms with Gasteiger partial charge in [-0.05, 0) is 12.5 Å². The molecule has 1 atom stereocenters. The number of fused-ring (bicyclic) bond motifs is 1. The summed E-state index contributed by atoms with van der Waals surface area (Å²) in [5.41, 5.74) is 10.2. The van der Waals surface area contributed by atoms with E-state index in [9.17, 15) is 0 Å². The van der Waals surface area contributed by atoms with E-state index < -0.39 is 0 Å². The maximum absolute atomic E-state index is 5.80. The summed E-state index contributed by atoms with van der Waals surface area (Å²) in [6, 6.07) is 8.82. The second kappa shape index (κ2) is 6.18. The third kappa shape index (κ3) is 2.72. The van der Waals surface area contributed by atoms with Crippen LogP contribution in [0.15, 0.2) is 30.6 Å². The van der Waals surface area contributed by atoms with Crippen molar-refractivity contribution >= 4 is 17.1 Å². The second-order valence-corrected chi connectivity index (χ2v) is 5.98. The van der Waals surface area contributed by atoms with Gasteiger partial charge in [0.25, 0.3) is 0 Å². The third-order valence-electron chi connectivity index (χ3n) is 4.56. The van der Waals surface area contributed by atoms with Crippen molar-refractivity contribution in [2.45, 2.75) is 13.0 Å². The molecule has 7 heteroatoms. The number of nitrogens with zero attached hydrogens (tertiary/aromatic N) is 4. The van der Waals surface area contributed by atoms with E-state index in [4.69, 9.17) is 10.5 Å². The van der Waals surface area contributed by atoms with Crippen LogP contribution in [0.25, 0.3) is 22.4 Å². The van der Waals surface area contributed by atoms with Gasteiger partial charge in [0.05, 0.1) is 19.5 Å². The molecule has 0 saturated carbocycles. The van der Waals surface area contributed by atoms with Crippen molar-refractivity contribution in [2.24, 2.45) is 0 Å². The topological polar surface area (TPSA) is 92.9 Å². The molecule has 3 heterocycles. The number of nitrogens with one attached hydrogen (secondary N) is 1. The zero-order valence-electron chi connectivity index (χ0n) is 13.6. The predicted octanol–water partition coefficient (Wildman–Crippen LogP) is 2.00. The zero-order chi connectivity index (χ0) is 16.5. The first-order chi connectivity index (χ1) is 11.7. The van der Waals surface area contributed by atoms with Gasteiger partial charge < -0.3 is 15.5 Å². The van der Waals surface area contributed by atoms with E-state index in [0.717, 1.165) is 43.1 Å². The van der Waals surface area contributed by atoms with Crippen LogP contribution in [0, 0.1) is 0 Å². The molecule has 1 aliphatic heterocycles. The van der Waals surface area contributed by atoms with E-state index in [0.29, 0.717) is 11.7 Å². The first kappa shape index (κ1) is 15.0. The highest BCUT2D eigenvalue weighted by Crippen LogP contribution is 2.27. The number of rotatable bonds is 3. The maximum Gasteiger partial charge on any atom is 0.222 e. The van der Waals surface area contributed by atoms with Crippen LogP contribution in [0.5, 0.6) is 0 Å². The number of anilines is 1. The molecule has 0 amide bonds. The molecule has 1 unspecified atom stereocenters. The smallest absolute Gasteiger partial charge is 0.222 e. The zero-order valence-corrected chi connectivity index (χ0v) is 13.6. The van der Waals surface area contributed by atoms with Crippen molar-refractivity contribution in [2.75, 3.05) is 32.0 Å². The normalized spacial score (nSPS) is 17.2. The fourth-order valence-electron chi connectivity index (χ4n) is 3.15. The van der Waals surface area contributed by atoms with Crippen LogP contribution in [0.3, 0.4) is 0 Å². The average molecular weight is 324 g/mol. The SMILES string of the molecule is CC(c1ccc(-c2nc(N)nc3nc[nH]c23)cc1)N1CCOCC1. The van der Waals surface area contributed by atoms with Crippen LogP contribution in [0.4, 0.5) is 5.95 Å². The Morgan fingerprint density at radius 3 is 2.67 bits per heavy atom. The minimum absolute atomic E-state index is 0.232. The van der Waals surface area contributed by atoms with Gasteiger partial charge in [-0.1, -0.05) is 24.3 Å². The molecular formula is C17H20N6O. The molecule has 1 fully saturated rings. The van der Waals surface area contributed by atoms with Crippen LogP contribution in [-0.4, -0.2) is 51.1 Å². The van der Waals surface area contributed by atoms with Crippen LogP contribution < -0.4 is 5.73 Å². The van der Waals surface area contributed by atoms with Gasteiger partial charge in [-0.25, -0.2) is 9.97 Å². The molecule has 0 spiro atoms. The van der Waals surface area contributed by atoms with Gasteiger partial charge in [0.2, 0.25) is 5.95 Å². The summed E-state index contributed by atoms with van der Waals surface area (Å²) in [5.74, 6) is 0.232. The van der Waals surface area contributed by atoms with Crippen LogP contribution in [0.2, 0.25) is 0 Å². The number of hydrogen-bond acceptors (Lipinski definition) is 6. The molecule has 24 heavy (non-hydrogen) atoms. The van der Waals surface area contributed by atoms with Gasteiger partial charge in [0, 0.05) is 24.7 Å². The molecule has 3 aromatic rings. The molecule has 1 aromatic carbocycles. The maximum atomic E-state index is 5.80. The minimum atomic E-state index is 0.232. The number of imidazole rings is 1. The van der Waals surface area contributed by atoms with E-state index in [1.165, 1.54) is 5.56 Å². The largest absolute Gasteiger partial charge is 0.379 e. The molecule has 0 radical (unpaired) electrons. The second-order valence-electron chi connectivity index (χ2n) is 5.98. The van der Waals surface area contributed by atoms with E-state index in [1.807, 2.05) is 0 Å². The Balaban J connectivity index is 1.64. The number of benzene rings is 1. The number of ether oxygens (including phenoxy) is 1. The van der Waals surface area contributed by atoms with E-state index in [1.54, 1.807) is 6.33 Å². The number of morpholine rings is 1. The van der Waals surface area contributed by atoms with Crippen molar-refractivity contribution < 1.29 is 4.74 Å². The summed E-state index contributed by atoms with van der Waals surface area (Å²) in [4.78, 5) is 18.2. The highest BCUT2D eigenvalue weighted by Gasteiger charge is 2.19. The van der Waals surface area contributed by atoms with Gasteiger partial charge in [0.1, 0.15) is 11.2 Å². The fraction of sp³-hybridized carbons (Fsp3) is 0.353. The number of aromatic nitrogens is 4. The molecular weight excluding hydrogens is 304 g/mol. The Labute approximate surface area is 139 Å². The quantitative estimate of drug-likeness (QED) is 0.765. The number of aromatic amines is 1. The van der Waals surface area contributed by atoms with E-state index in [-0.39, 0.29) is 5.95 Å². The van der Waals surface area contributed by atoms with Crippen LogP contribution in [0.1, 0.15) is 18.5 Å². The lowest BCUT2D eigenvalue weighted by Gasteiger charge is -2.32. The van der Waals surface area contributed by atoms with E-state index >= 15 is 0 Å². The standard InChI is InChI=1S/C17H20N6O/c1-11(23-6-8-24-9-7-23)12-2-4-13(5-3-12)14-15-16(20-10-19-15)22-17(18)21-14/h2-5,10-11H,6-9H2,1H3,(H3,18,19,20,21,22). The number of nitrogen functional groups attached to an aromatic ring is 1. The fourth-order valence-corrected chi connectivity index (χ4v) is 3.15. The highest BCUT2D eigenvalue weighted by molar-refractivity contribution is 5.87. The molecule has 0 aliphatic carbocycles. The van der Waals surface area contributed by atoms with Crippen molar-refractivity contribution in [3.8, 4) is 11.3 Å². The third-order valence-corrected chi connectivity index (χ3v) is 4.56. The Morgan fingerprint density at radius 1 is 1.17 bits per heavy atom. The Bertz CT molecular complexity index is 838. The van der Waals surface area contributed by atoms with Gasteiger partial charge in [-0.3, -0.25) is 4.90 Å². The molecule has 7 nitrogen and oxygen atoms in total. The van der Waals surface area contributed by atoms with Crippen LogP contribution >= 0.6 is 0 Å². The van der Waals surface area contributed by atoms with Crippen molar-refractivity contribution in [3.05, 3.63) is 36.2 Å². The Kier molecular flexibility index (Phi) is 3.87. The monoisotopic (exact) mass is 324 g/mol. The lowest BCUT2D eigenvalue weighted by atomic mass is 10.0. The summed E-state index contributed by atoms with van der Waals surface area (Å²) in [6.07, 6.45) is 1.61. The highest BCUT2D eigenvalue weighted by atomic mass is 16.5. The molecule has 124 valence electrons. The molecule has 1 aliphatic rings. The molecule has 4 rings (SSSR count). The average Bonchev–Trinajstić information content (AvgIpc) is 3.09. The van der Waals surface area contributed by atoms with Gasteiger partial charge in [0.15, 0.2) is 5.65 Å². The first-order valence-electron chi connectivity index (χ1n) is 8.11. The summed E-state index contributed by atoms with van der Waals surface area (Å²) in [5, 5.41) is 0. The summed E-state index contributed by atoms with van der Waals surface area (Å²) in [7, 11) is 0. The number of nitrogens with two attached hydrogens (primary N) is 1. The summed E-state index contributed by atoms with van der Waals surface area (Å²) >= 11 is 0. The van der Waals surface area contributed by atoms with E-state index in [2.05, 4.69) is 56.0 Å². The predicted molar refractivity (Wildman–Crippen MR) is 92.3 cm³/mol. The first-order valence-corrected chi connectivity index (χ1v) is 8.11. The van der Waals surface area contributed by atoms with Gasteiger partial charge in [-0.15, -0.1) is 0 Å². The van der Waals surface area contributed by atoms with Crippen molar-refractivity contribution in [3.63, 3.8) is 0 Å². The van der Waals surface area contributed by atoms with Gasteiger partial charge >= 0.3 is 0 Å². The lowest BCUT2D eigenvalue weighted by molar-refractivity contribution is 0.0198. The van der Waals surface area contributed by atoms with Gasteiger partial charge in [-0.2, -0.15) is 4.98 Å². The molecule has 1 saturated heterocycles. The molecule has 3 N–H and O–H groups in total. The Hall–Kier alpha value is -2.51. The summed E-state index contributed by atoms with van der Waals surface area (Å²) in [6.45, 7) is 5.79. The van der Waals surface area contributed by atoms with Crippen LogP contribution in [-0.2, 0) is 4.74 Å². The van der Waals surface area contributed by atoms with Crippen molar-refractivity contribution in [1.82, 2.24) is 24.8 Å². The number of hydrogen-bond donors (Lipinski definition) is 2. The number of H-pyrrole nitrogens is 1.